The van der Waals surface area contributed by atoms with Crippen LogP contribution in [0.25, 0.3) is 11.8 Å². The number of carbonyl (C=O) groups excluding carboxylic acids is 1. The van der Waals surface area contributed by atoms with Gasteiger partial charge in [-0.1, -0.05) is 15.9 Å². The van der Waals surface area contributed by atoms with Gasteiger partial charge >= 0.3 is 0 Å². The van der Waals surface area contributed by atoms with Gasteiger partial charge in [-0.15, -0.1) is 0 Å². The fourth-order valence-electron chi connectivity index (χ4n) is 3.18. The highest BCUT2D eigenvalue weighted by Crippen LogP contribution is 2.30. The maximum atomic E-state index is 13.3. The summed E-state index contributed by atoms with van der Waals surface area (Å²) >= 11 is 4.71. The number of halogens is 2. The molecule has 146 valence electrons. The number of carbonyl (C=O) groups is 1. The molecule has 1 amide bonds. The molecule has 1 aliphatic rings. The summed E-state index contributed by atoms with van der Waals surface area (Å²) in [5.74, 6) is -0.437. The second kappa shape index (κ2) is 8.00. The lowest BCUT2D eigenvalue weighted by molar-refractivity contribution is -0.115. The molecule has 1 N–H and O–H groups in total. The van der Waals surface area contributed by atoms with E-state index in [0.717, 1.165) is 32.8 Å². The van der Waals surface area contributed by atoms with E-state index in [2.05, 4.69) is 26.2 Å². The monoisotopic (exact) mass is 469 g/mol. The summed E-state index contributed by atoms with van der Waals surface area (Å²) < 4.78 is 16.3. The highest BCUT2D eigenvalue weighted by Gasteiger charge is 2.24. The first-order valence-corrected chi connectivity index (χ1v) is 10.5. The van der Waals surface area contributed by atoms with E-state index < -0.39 is 0 Å². The number of hydrogen-bond acceptors (Lipinski definition) is 3. The van der Waals surface area contributed by atoms with Gasteiger partial charge in [-0.3, -0.25) is 4.79 Å². The van der Waals surface area contributed by atoms with Crippen LogP contribution in [0.3, 0.4) is 0 Å². The van der Waals surface area contributed by atoms with Gasteiger partial charge in [0.15, 0.2) is 5.17 Å². The van der Waals surface area contributed by atoms with E-state index in [1.165, 1.54) is 23.9 Å². The van der Waals surface area contributed by atoms with Crippen LogP contribution in [0.1, 0.15) is 17.0 Å². The van der Waals surface area contributed by atoms with Crippen LogP contribution >= 0.6 is 27.7 Å². The predicted molar refractivity (Wildman–Crippen MR) is 120 cm³/mol. The molecule has 2 heterocycles. The number of thioether (sulfide) groups is 1. The molecule has 0 bridgehead atoms. The Bertz CT molecular complexity index is 1150. The van der Waals surface area contributed by atoms with Gasteiger partial charge in [0, 0.05) is 21.5 Å². The molecule has 3 aromatic rings. The second-order valence-electron chi connectivity index (χ2n) is 6.60. The Morgan fingerprint density at radius 1 is 1.10 bits per heavy atom. The number of nitrogens with one attached hydrogen (secondary N) is 1. The fourth-order valence-corrected chi connectivity index (χ4v) is 4.27. The maximum absolute atomic E-state index is 13.3. The van der Waals surface area contributed by atoms with Crippen molar-refractivity contribution in [3.8, 4) is 5.69 Å². The average Bonchev–Trinajstić information content (AvgIpc) is 3.17. The van der Waals surface area contributed by atoms with Crippen molar-refractivity contribution < 1.29 is 9.18 Å². The number of amidine groups is 1. The van der Waals surface area contributed by atoms with Gasteiger partial charge in [0.1, 0.15) is 5.82 Å². The molecular formula is C22H17BrFN3OS. The summed E-state index contributed by atoms with van der Waals surface area (Å²) in [4.78, 5) is 17.5. The van der Waals surface area contributed by atoms with Crippen LogP contribution in [0.15, 0.2) is 69.0 Å². The molecule has 0 radical (unpaired) electrons. The molecule has 0 spiro atoms. The first kappa shape index (κ1) is 19.7. The minimum absolute atomic E-state index is 0.169. The van der Waals surface area contributed by atoms with Gasteiger partial charge in [-0.05, 0) is 91.8 Å². The highest BCUT2D eigenvalue weighted by atomic mass is 79.9. The van der Waals surface area contributed by atoms with E-state index in [0.29, 0.717) is 10.1 Å². The first-order valence-electron chi connectivity index (χ1n) is 8.91. The molecule has 1 aliphatic heterocycles. The van der Waals surface area contributed by atoms with E-state index in [-0.39, 0.29) is 11.7 Å². The number of hydrogen-bond donors (Lipinski definition) is 1. The smallest absolute Gasteiger partial charge is 0.264 e. The Hall–Kier alpha value is -2.64. The third-order valence-electron chi connectivity index (χ3n) is 4.55. The van der Waals surface area contributed by atoms with E-state index in [4.69, 9.17) is 0 Å². The van der Waals surface area contributed by atoms with Crippen molar-refractivity contribution in [1.82, 2.24) is 9.88 Å². The lowest BCUT2D eigenvalue weighted by atomic mass is 10.2. The largest absolute Gasteiger partial charge is 0.318 e. The third kappa shape index (κ3) is 4.21. The summed E-state index contributed by atoms with van der Waals surface area (Å²) in [6.07, 6.45) is 1.87. The minimum Gasteiger partial charge on any atom is -0.318 e. The molecule has 1 saturated heterocycles. The van der Waals surface area contributed by atoms with Crippen LogP contribution in [0.4, 0.5) is 10.1 Å². The van der Waals surface area contributed by atoms with Crippen molar-refractivity contribution in [2.24, 2.45) is 4.99 Å². The maximum Gasteiger partial charge on any atom is 0.264 e. The van der Waals surface area contributed by atoms with Gasteiger partial charge in [0.2, 0.25) is 0 Å². The summed E-state index contributed by atoms with van der Waals surface area (Å²) in [5, 5.41) is 3.36. The standard InChI is InChI=1S/C22H17BrFN3OS/c1-13-11-15(14(2)27(13)19-9-5-17(24)6-10-19)12-20-21(28)26-22(29-20)25-18-7-3-16(23)4-8-18/h3-12H,1-2H3,(H,25,26,28)/b20-12-. The molecule has 0 saturated carbocycles. The van der Waals surface area contributed by atoms with E-state index in [1.807, 2.05) is 54.8 Å². The summed E-state index contributed by atoms with van der Waals surface area (Å²) in [5.41, 5.74) is 4.58. The van der Waals surface area contributed by atoms with Crippen LogP contribution in [0, 0.1) is 19.7 Å². The summed E-state index contributed by atoms with van der Waals surface area (Å²) in [7, 11) is 0. The minimum atomic E-state index is -0.268. The highest BCUT2D eigenvalue weighted by molar-refractivity contribution is 9.10. The third-order valence-corrected chi connectivity index (χ3v) is 5.99. The number of aromatic nitrogens is 1. The lowest BCUT2D eigenvalue weighted by Crippen LogP contribution is -2.19. The molecule has 4 rings (SSSR count). The van der Waals surface area contributed by atoms with E-state index >= 15 is 0 Å². The molecule has 4 nitrogen and oxygen atoms in total. The normalized spacial score (nSPS) is 16.6. The number of rotatable bonds is 3. The Morgan fingerprint density at radius 2 is 1.79 bits per heavy atom. The molecule has 1 fully saturated rings. The summed E-state index contributed by atoms with van der Waals surface area (Å²) in [6.45, 7) is 3.97. The zero-order valence-electron chi connectivity index (χ0n) is 15.7. The Morgan fingerprint density at radius 3 is 2.48 bits per heavy atom. The average molecular weight is 470 g/mol. The Kier molecular flexibility index (Phi) is 5.43. The number of nitrogens with zero attached hydrogens (tertiary/aromatic N) is 2. The van der Waals surface area contributed by atoms with E-state index in [1.54, 1.807) is 12.1 Å². The van der Waals surface area contributed by atoms with Crippen LogP contribution in [-0.4, -0.2) is 15.6 Å². The van der Waals surface area contributed by atoms with Crippen LogP contribution < -0.4 is 5.32 Å². The zero-order chi connectivity index (χ0) is 20.5. The van der Waals surface area contributed by atoms with Gasteiger partial charge in [-0.25, -0.2) is 9.38 Å². The molecule has 1 aromatic heterocycles. The zero-order valence-corrected chi connectivity index (χ0v) is 18.1. The van der Waals surface area contributed by atoms with E-state index in [9.17, 15) is 9.18 Å². The number of aliphatic imine (C=N–C) groups is 1. The number of aryl methyl sites for hydroxylation is 1. The topological polar surface area (TPSA) is 46.4 Å². The van der Waals surface area contributed by atoms with Gasteiger partial charge in [0.25, 0.3) is 5.91 Å². The number of benzene rings is 2. The lowest BCUT2D eigenvalue weighted by Gasteiger charge is -2.09. The van der Waals surface area contributed by atoms with Crippen LogP contribution in [-0.2, 0) is 4.79 Å². The van der Waals surface area contributed by atoms with Crippen molar-refractivity contribution in [3.63, 3.8) is 0 Å². The Balaban J connectivity index is 1.63. The molecule has 7 heteroatoms. The van der Waals surface area contributed by atoms with Crippen molar-refractivity contribution in [1.29, 1.82) is 0 Å². The molecule has 0 unspecified atom stereocenters. The molecular weight excluding hydrogens is 453 g/mol. The molecule has 2 aromatic carbocycles. The second-order valence-corrected chi connectivity index (χ2v) is 8.54. The fraction of sp³-hybridized carbons (Fsp3) is 0.0909. The Labute approximate surface area is 180 Å². The SMILES string of the molecule is Cc1cc(/C=C2\SC(=Nc3ccc(Br)cc3)NC2=O)c(C)n1-c1ccc(F)cc1. The predicted octanol–water partition coefficient (Wildman–Crippen LogP) is 5.89. The first-order chi connectivity index (χ1) is 13.9. The van der Waals surface area contributed by atoms with Crippen molar-refractivity contribution in [2.75, 3.05) is 0 Å². The molecule has 0 atom stereocenters. The van der Waals surface area contributed by atoms with Gasteiger partial charge in [0.05, 0.1) is 10.6 Å². The van der Waals surface area contributed by atoms with Gasteiger partial charge < -0.3 is 9.88 Å². The molecule has 0 aliphatic carbocycles. The summed E-state index contributed by atoms with van der Waals surface area (Å²) in [6, 6.07) is 15.9. The molecule has 29 heavy (non-hydrogen) atoms. The van der Waals surface area contributed by atoms with Crippen molar-refractivity contribution in [2.45, 2.75) is 13.8 Å². The van der Waals surface area contributed by atoms with Gasteiger partial charge in [-0.2, -0.15) is 0 Å². The van der Waals surface area contributed by atoms with Crippen molar-refractivity contribution in [3.05, 3.63) is 86.7 Å². The van der Waals surface area contributed by atoms with Crippen LogP contribution in [0.2, 0.25) is 0 Å². The van der Waals surface area contributed by atoms with Crippen molar-refractivity contribution >= 4 is 50.5 Å². The quantitative estimate of drug-likeness (QED) is 0.486. The number of amides is 1. The van der Waals surface area contributed by atoms with Crippen LogP contribution in [0.5, 0.6) is 0 Å².